The molecule has 0 saturated carbocycles. The lowest BCUT2D eigenvalue weighted by Gasteiger charge is -2.19. The molecule has 0 radical (unpaired) electrons. The first kappa shape index (κ1) is 18.2. The fraction of sp³-hybridized carbons (Fsp3) is 0.400. The molecule has 0 atom stereocenters. The van der Waals surface area contributed by atoms with Gasteiger partial charge >= 0.3 is 12.1 Å². The normalized spacial score (nSPS) is 11.7. The van der Waals surface area contributed by atoms with Gasteiger partial charge in [0.25, 0.3) is 5.91 Å². The zero-order chi connectivity index (χ0) is 18.1. The van der Waals surface area contributed by atoms with E-state index in [0.717, 1.165) is 17.4 Å². The highest BCUT2D eigenvalue weighted by Crippen LogP contribution is 2.34. The molecule has 130 valence electrons. The van der Waals surface area contributed by atoms with Crippen molar-refractivity contribution >= 4 is 33.4 Å². The molecule has 0 aromatic carbocycles. The molecule has 0 spiro atoms. The number of hydrogen-bond acceptors (Lipinski definition) is 4. The van der Waals surface area contributed by atoms with Gasteiger partial charge in [-0.15, -0.1) is 11.3 Å². The number of thiophene rings is 1. The number of hydrogen-bond donors (Lipinski definition) is 1. The molecule has 2 heterocycles. The Balaban J connectivity index is 2.46. The molecule has 0 fully saturated rings. The summed E-state index contributed by atoms with van der Waals surface area (Å²) < 4.78 is 38.3. The van der Waals surface area contributed by atoms with Crippen molar-refractivity contribution in [3.8, 4) is 0 Å². The quantitative estimate of drug-likeness (QED) is 0.885. The van der Waals surface area contributed by atoms with Crippen molar-refractivity contribution in [2.75, 3.05) is 13.1 Å². The highest BCUT2D eigenvalue weighted by atomic mass is 32.1. The average molecular weight is 360 g/mol. The third-order valence-corrected chi connectivity index (χ3v) is 4.58. The molecule has 0 aliphatic carbocycles. The number of nitrogens with zero attached hydrogens (tertiary/aromatic N) is 2. The minimum atomic E-state index is -4.56. The van der Waals surface area contributed by atoms with Crippen LogP contribution in [0.3, 0.4) is 0 Å². The Labute approximate surface area is 139 Å². The van der Waals surface area contributed by atoms with Crippen molar-refractivity contribution < 1.29 is 27.9 Å². The van der Waals surface area contributed by atoms with Gasteiger partial charge in [-0.1, -0.05) is 6.92 Å². The van der Waals surface area contributed by atoms with E-state index in [0.29, 0.717) is 17.4 Å². The van der Waals surface area contributed by atoms with Gasteiger partial charge in [0.1, 0.15) is 17.1 Å². The van der Waals surface area contributed by atoms with Crippen molar-refractivity contribution in [3.63, 3.8) is 0 Å². The molecule has 0 aliphatic rings. The van der Waals surface area contributed by atoms with Crippen LogP contribution in [0.4, 0.5) is 13.2 Å². The number of rotatable bonds is 5. The van der Waals surface area contributed by atoms with Crippen molar-refractivity contribution in [3.05, 3.63) is 28.3 Å². The van der Waals surface area contributed by atoms with Gasteiger partial charge in [-0.25, -0.2) is 4.98 Å². The minimum absolute atomic E-state index is 0.109. The average Bonchev–Trinajstić information content (AvgIpc) is 2.81. The Morgan fingerprint density at radius 2 is 2.00 bits per heavy atom. The number of fused-ring (bicyclic) bond motifs is 1. The van der Waals surface area contributed by atoms with E-state index in [1.807, 2.05) is 0 Å². The molecule has 0 aliphatic heterocycles. The maximum absolute atomic E-state index is 12.8. The van der Waals surface area contributed by atoms with Gasteiger partial charge in [-0.05, 0) is 31.0 Å². The van der Waals surface area contributed by atoms with Crippen molar-refractivity contribution in [2.45, 2.75) is 26.4 Å². The summed E-state index contributed by atoms with van der Waals surface area (Å²) >= 11 is 0.848. The fourth-order valence-electron chi connectivity index (χ4n) is 2.29. The smallest absolute Gasteiger partial charge is 0.433 e. The zero-order valence-electron chi connectivity index (χ0n) is 13.0. The zero-order valence-corrected chi connectivity index (χ0v) is 13.8. The summed E-state index contributed by atoms with van der Waals surface area (Å²) in [5, 5.41) is 9.37. The topological polar surface area (TPSA) is 70.5 Å². The summed E-state index contributed by atoms with van der Waals surface area (Å²) in [6.45, 7) is 3.21. The Hall–Kier alpha value is -2.16. The number of amides is 1. The van der Waals surface area contributed by atoms with Crippen LogP contribution < -0.4 is 0 Å². The second kappa shape index (κ2) is 6.76. The van der Waals surface area contributed by atoms with Crippen LogP contribution in [0, 0.1) is 6.92 Å². The standard InChI is InChI=1S/C15H15F3N2O3S/c1-3-6-20(7-11(21)22)14(23)12-8(2)9-4-5-10(15(16,17)18)19-13(9)24-12/h4-5H,3,6-7H2,1-2H3,(H,21,22). The second-order valence-corrected chi connectivity index (χ2v) is 6.22. The number of halogens is 3. The lowest BCUT2D eigenvalue weighted by molar-refractivity contribution is -0.141. The fourth-order valence-corrected chi connectivity index (χ4v) is 3.44. The van der Waals surface area contributed by atoms with Gasteiger partial charge in [0.15, 0.2) is 0 Å². The van der Waals surface area contributed by atoms with Crippen LogP contribution in [0.1, 0.15) is 34.3 Å². The number of carbonyl (C=O) groups is 2. The van der Waals surface area contributed by atoms with Crippen molar-refractivity contribution in [1.82, 2.24) is 9.88 Å². The van der Waals surface area contributed by atoms with Crippen LogP contribution in [-0.2, 0) is 11.0 Å². The van der Waals surface area contributed by atoms with E-state index in [4.69, 9.17) is 5.11 Å². The van der Waals surface area contributed by atoms with Gasteiger partial charge in [0.2, 0.25) is 0 Å². The van der Waals surface area contributed by atoms with Gasteiger partial charge < -0.3 is 10.0 Å². The van der Waals surface area contributed by atoms with E-state index in [1.54, 1.807) is 13.8 Å². The molecule has 2 aromatic rings. The third kappa shape index (κ3) is 3.66. The maximum Gasteiger partial charge on any atom is 0.433 e. The van der Waals surface area contributed by atoms with E-state index in [1.165, 1.54) is 11.0 Å². The Kier molecular flexibility index (Phi) is 5.12. The number of carbonyl (C=O) groups excluding carboxylic acids is 1. The molecule has 1 amide bonds. The highest BCUT2D eigenvalue weighted by molar-refractivity contribution is 7.20. The highest BCUT2D eigenvalue weighted by Gasteiger charge is 2.33. The Morgan fingerprint density at radius 3 is 2.54 bits per heavy atom. The molecule has 24 heavy (non-hydrogen) atoms. The number of aliphatic carboxylic acids is 1. The van der Waals surface area contributed by atoms with Crippen LogP contribution in [0.5, 0.6) is 0 Å². The Bertz CT molecular complexity index is 786. The van der Waals surface area contributed by atoms with Crippen molar-refractivity contribution in [2.24, 2.45) is 0 Å². The molecule has 2 aromatic heterocycles. The molecule has 0 saturated heterocycles. The molecule has 9 heteroatoms. The van der Waals surface area contributed by atoms with Gasteiger partial charge in [0, 0.05) is 11.9 Å². The largest absolute Gasteiger partial charge is 0.480 e. The number of pyridine rings is 1. The van der Waals surface area contributed by atoms with E-state index in [-0.39, 0.29) is 16.3 Å². The monoisotopic (exact) mass is 360 g/mol. The summed E-state index contributed by atoms with van der Waals surface area (Å²) in [5.41, 5.74) is -0.515. The molecule has 5 nitrogen and oxygen atoms in total. The number of aromatic nitrogens is 1. The Morgan fingerprint density at radius 1 is 1.33 bits per heavy atom. The summed E-state index contributed by atoms with van der Waals surface area (Å²) in [7, 11) is 0. The van der Waals surface area contributed by atoms with E-state index in [9.17, 15) is 22.8 Å². The minimum Gasteiger partial charge on any atom is -0.480 e. The van der Waals surface area contributed by atoms with Crippen LogP contribution in [0.25, 0.3) is 10.2 Å². The number of carboxylic acids is 1. The van der Waals surface area contributed by atoms with Crippen LogP contribution in [-0.4, -0.2) is 40.0 Å². The van der Waals surface area contributed by atoms with Crippen LogP contribution >= 0.6 is 11.3 Å². The second-order valence-electron chi connectivity index (χ2n) is 5.22. The number of carboxylic acid groups (broad SMARTS) is 1. The third-order valence-electron chi connectivity index (χ3n) is 3.40. The molecule has 0 bridgehead atoms. The predicted molar refractivity (Wildman–Crippen MR) is 83.2 cm³/mol. The maximum atomic E-state index is 12.8. The van der Waals surface area contributed by atoms with E-state index >= 15 is 0 Å². The van der Waals surface area contributed by atoms with Gasteiger partial charge in [-0.3, -0.25) is 9.59 Å². The summed E-state index contributed by atoms with van der Waals surface area (Å²) in [6.07, 6.45) is -3.99. The number of alkyl halides is 3. The first-order valence-electron chi connectivity index (χ1n) is 7.13. The van der Waals surface area contributed by atoms with E-state index < -0.39 is 30.3 Å². The first-order chi connectivity index (χ1) is 11.1. The van der Waals surface area contributed by atoms with E-state index in [2.05, 4.69) is 4.98 Å². The summed E-state index contributed by atoms with van der Waals surface area (Å²) in [5.74, 6) is -1.65. The number of aryl methyl sites for hydroxylation is 1. The molecule has 0 unspecified atom stereocenters. The predicted octanol–water partition coefficient (Wildman–Crippen LogP) is 3.56. The lowest BCUT2D eigenvalue weighted by Crippen LogP contribution is -2.36. The van der Waals surface area contributed by atoms with Gasteiger partial charge in [-0.2, -0.15) is 13.2 Å². The first-order valence-corrected chi connectivity index (χ1v) is 7.95. The summed E-state index contributed by atoms with van der Waals surface area (Å²) in [6, 6.07) is 2.16. The molecule has 2 rings (SSSR count). The molecule has 1 N–H and O–H groups in total. The van der Waals surface area contributed by atoms with Gasteiger partial charge in [0.05, 0.1) is 4.88 Å². The summed E-state index contributed by atoms with van der Waals surface area (Å²) in [4.78, 5) is 28.5. The van der Waals surface area contributed by atoms with Crippen LogP contribution in [0.15, 0.2) is 12.1 Å². The van der Waals surface area contributed by atoms with Crippen molar-refractivity contribution in [1.29, 1.82) is 0 Å². The lowest BCUT2D eigenvalue weighted by atomic mass is 10.1. The van der Waals surface area contributed by atoms with Crippen LogP contribution in [0.2, 0.25) is 0 Å². The SMILES string of the molecule is CCCN(CC(=O)O)C(=O)c1sc2nc(C(F)(F)F)ccc2c1C. The molecular formula is C15H15F3N2O3S. The molecular weight excluding hydrogens is 345 g/mol.